The lowest BCUT2D eigenvalue weighted by atomic mass is 10.1. The van der Waals surface area contributed by atoms with Gasteiger partial charge in [0.15, 0.2) is 0 Å². The van der Waals surface area contributed by atoms with Crippen molar-refractivity contribution in [3.8, 4) is 0 Å². The summed E-state index contributed by atoms with van der Waals surface area (Å²) in [5.74, 6) is -0.331. The minimum Gasteiger partial charge on any atom is -0.462 e. The van der Waals surface area contributed by atoms with Crippen molar-refractivity contribution in [1.82, 2.24) is 4.98 Å². The van der Waals surface area contributed by atoms with Crippen molar-refractivity contribution < 1.29 is 9.53 Å². The summed E-state index contributed by atoms with van der Waals surface area (Å²) in [5.41, 5.74) is 2.45. The topological polar surface area (TPSA) is 39.2 Å². The fraction of sp³-hybridized carbons (Fsp3) is 0.231. The minimum absolute atomic E-state index is 0.331. The van der Waals surface area contributed by atoms with Gasteiger partial charge in [0.1, 0.15) is 0 Å². The molecule has 1 aromatic carbocycles. The second-order valence-corrected chi connectivity index (χ2v) is 4.54. The Balaban J connectivity index is 2.52. The number of ether oxygens (including phenoxy) is 1. The number of carbonyl (C=O) groups excluding carboxylic acids is 1. The van der Waals surface area contributed by atoms with Crippen LogP contribution in [-0.4, -0.2) is 17.6 Å². The van der Waals surface area contributed by atoms with Gasteiger partial charge in [-0.05, 0) is 31.5 Å². The maximum Gasteiger partial charge on any atom is 0.339 e. The first-order chi connectivity index (χ1) is 8.13. The highest BCUT2D eigenvalue weighted by Crippen LogP contribution is 2.24. The molecule has 0 amide bonds. The van der Waals surface area contributed by atoms with Crippen LogP contribution in [0.5, 0.6) is 0 Å². The molecule has 1 heterocycles. The van der Waals surface area contributed by atoms with Crippen molar-refractivity contribution in [3.63, 3.8) is 0 Å². The van der Waals surface area contributed by atoms with Crippen molar-refractivity contribution in [3.05, 3.63) is 40.0 Å². The van der Waals surface area contributed by atoms with E-state index in [1.807, 2.05) is 19.1 Å². The van der Waals surface area contributed by atoms with Crippen LogP contribution in [0.4, 0.5) is 0 Å². The van der Waals surface area contributed by atoms with E-state index in [9.17, 15) is 4.79 Å². The van der Waals surface area contributed by atoms with Crippen molar-refractivity contribution in [2.75, 3.05) is 6.61 Å². The van der Waals surface area contributed by atoms with E-state index in [0.717, 1.165) is 20.9 Å². The number of rotatable bonds is 2. The smallest absolute Gasteiger partial charge is 0.339 e. The van der Waals surface area contributed by atoms with Gasteiger partial charge in [-0.2, -0.15) is 0 Å². The molecule has 3 nitrogen and oxygen atoms in total. The third-order valence-corrected chi connectivity index (χ3v) is 3.41. The van der Waals surface area contributed by atoms with Gasteiger partial charge in [0.25, 0.3) is 0 Å². The molecule has 17 heavy (non-hydrogen) atoms. The van der Waals surface area contributed by atoms with E-state index in [2.05, 4.69) is 20.9 Å². The zero-order valence-corrected chi connectivity index (χ0v) is 11.2. The Hall–Kier alpha value is -1.42. The summed E-state index contributed by atoms with van der Waals surface area (Å²) in [6.07, 6.45) is 1.56. The van der Waals surface area contributed by atoms with Crippen LogP contribution in [0.2, 0.25) is 0 Å². The van der Waals surface area contributed by atoms with Gasteiger partial charge in [-0.1, -0.05) is 22.0 Å². The molecule has 0 fully saturated rings. The molecular weight excluding hydrogens is 282 g/mol. The van der Waals surface area contributed by atoms with Crippen LogP contribution in [0.3, 0.4) is 0 Å². The Bertz CT molecular complexity index is 581. The summed E-state index contributed by atoms with van der Waals surface area (Å²) >= 11 is 3.46. The molecule has 2 aromatic rings. The van der Waals surface area contributed by atoms with Gasteiger partial charge in [0.05, 0.1) is 17.7 Å². The molecule has 1 aromatic heterocycles. The summed E-state index contributed by atoms with van der Waals surface area (Å²) in [7, 11) is 0. The lowest BCUT2D eigenvalue weighted by Gasteiger charge is -2.06. The third-order valence-electron chi connectivity index (χ3n) is 2.55. The largest absolute Gasteiger partial charge is 0.462 e. The van der Waals surface area contributed by atoms with E-state index in [1.165, 1.54) is 0 Å². The quantitative estimate of drug-likeness (QED) is 0.796. The van der Waals surface area contributed by atoms with Crippen LogP contribution in [0.25, 0.3) is 10.9 Å². The maximum absolute atomic E-state index is 11.6. The first kappa shape index (κ1) is 12.0. The Morgan fingerprint density at radius 3 is 2.94 bits per heavy atom. The second-order valence-electron chi connectivity index (χ2n) is 3.69. The molecule has 0 saturated carbocycles. The molecule has 0 aliphatic rings. The Morgan fingerprint density at radius 1 is 1.47 bits per heavy atom. The van der Waals surface area contributed by atoms with E-state index < -0.39 is 0 Å². The molecule has 0 bridgehead atoms. The summed E-state index contributed by atoms with van der Waals surface area (Å²) < 4.78 is 5.96. The average Bonchev–Trinajstić information content (AvgIpc) is 2.34. The first-order valence-electron chi connectivity index (χ1n) is 5.35. The minimum atomic E-state index is -0.331. The van der Waals surface area contributed by atoms with E-state index in [1.54, 1.807) is 19.2 Å². The summed E-state index contributed by atoms with van der Waals surface area (Å²) in [4.78, 5) is 15.9. The Morgan fingerprint density at radius 2 is 2.24 bits per heavy atom. The number of pyridine rings is 1. The zero-order valence-electron chi connectivity index (χ0n) is 9.66. The number of nitrogens with zero attached hydrogens (tertiary/aromatic N) is 1. The number of halogens is 1. The van der Waals surface area contributed by atoms with E-state index >= 15 is 0 Å². The zero-order chi connectivity index (χ0) is 12.4. The number of benzene rings is 1. The highest BCUT2D eigenvalue weighted by Gasteiger charge is 2.09. The van der Waals surface area contributed by atoms with Crippen LogP contribution >= 0.6 is 15.9 Å². The fourth-order valence-electron chi connectivity index (χ4n) is 1.65. The molecule has 88 valence electrons. The third kappa shape index (κ3) is 2.31. The van der Waals surface area contributed by atoms with Gasteiger partial charge in [-0.25, -0.2) is 4.79 Å². The molecule has 0 saturated heterocycles. The van der Waals surface area contributed by atoms with E-state index in [-0.39, 0.29) is 5.97 Å². The van der Waals surface area contributed by atoms with Crippen LogP contribution in [-0.2, 0) is 4.74 Å². The molecule has 0 radical (unpaired) electrons. The molecule has 0 aliphatic carbocycles. The molecule has 0 spiro atoms. The van der Waals surface area contributed by atoms with Crippen molar-refractivity contribution in [2.45, 2.75) is 13.8 Å². The highest BCUT2D eigenvalue weighted by molar-refractivity contribution is 9.10. The number of carbonyl (C=O) groups is 1. The fourth-order valence-corrected chi connectivity index (χ4v) is 1.97. The summed E-state index contributed by atoms with van der Waals surface area (Å²) in [6.45, 7) is 4.15. The number of hydrogen-bond acceptors (Lipinski definition) is 3. The number of esters is 1. The Kier molecular flexibility index (Phi) is 3.43. The lowest BCUT2D eigenvalue weighted by Crippen LogP contribution is -2.05. The first-order valence-corrected chi connectivity index (χ1v) is 6.14. The number of hydrogen-bond donors (Lipinski definition) is 0. The molecule has 0 N–H and O–H groups in total. The number of fused-ring (bicyclic) bond motifs is 1. The van der Waals surface area contributed by atoms with E-state index in [4.69, 9.17) is 4.74 Å². The average molecular weight is 294 g/mol. The van der Waals surface area contributed by atoms with Gasteiger partial charge >= 0.3 is 5.97 Å². The molecule has 4 heteroatoms. The van der Waals surface area contributed by atoms with Crippen molar-refractivity contribution in [2.24, 2.45) is 0 Å². The second kappa shape index (κ2) is 4.84. The molecule has 2 rings (SSSR count). The maximum atomic E-state index is 11.6. The molecule has 0 atom stereocenters. The van der Waals surface area contributed by atoms with Crippen LogP contribution in [0.1, 0.15) is 22.8 Å². The van der Waals surface area contributed by atoms with Gasteiger partial charge in [-0.15, -0.1) is 0 Å². The van der Waals surface area contributed by atoms with Crippen LogP contribution in [0, 0.1) is 6.92 Å². The lowest BCUT2D eigenvalue weighted by molar-refractivity contribution is 0.0526. The van der Waals surface area contributed by atoms with Crippen molar-refractivity contribution in [1.29, 1.82) is 0 Å². The van der Waals surface area contributed by atoms with Gasteiger partial charge in [-0.3, -0.25) is 4.98 Å². The van der Waals surface area contributed by atoms with E-state index in [0.29, 0.717) is 12.2 Å². The molecule has 0 aliphatic heterocycles. The monoisotopic (exact) mass is 293 g/mol. The highest BCUT2D eigenvalue weighted by atomic mass is 79.9. The van der Waals surface area contributed by atoms with Crippen LogP contribution < -0.4 is 0 Å². The standard InChI is InChI=1S/C13H12BrNO2/c1-3-17-13(16)10-6-9-4-5-11(14)8(2)12(9)15-7-10/h4-7H,3H2,1-2H3. The van der Waals surface area contributed by atoms with Crippen LogP contribution in [0.15, 0.2) is 28.9 Å². The predicted octanol–water partition coefficient (Wildman–Crippen LogP) is 3.48. The van der Waals surface area contributed by atoms with Crippen molar-refractivity contribution >= 4 is 32.8 Å². The summed E-state index contributed by atoms with van der Waals surface area (Å²) in [6, 6.07) is 5.69. The number of aryl methyl sites for hydroxylation is 1. The van der Waals surface area contributed by atoms with Gasteiger partial charge in [0, 0.05) is 16.1 Å². The molecule has 0 unspecified atom stereocenters. The normalized spacial score (nSPS) is 10.5. The molecular formula is C13H12BrNO2. The number of aromatic nitrogens is 1. The predicted molar refractivity (Wildman–Crippen MR) is 70.1 cm³/mol. The summed E-state index contributed by atoms with van der Waals surface area (Å²) in [5, 5.41) is 0.941. The van der Waals surface area contributed by atoms with Gasteiger partial charge in [0.2, 0.25) is 0 Å². The Labute approximate surface area is 108 Å². The SMILES string of the molecule is CCOC(=O)c1cnc2c(C)c(Br)ccc2c1. The van der Waals surface area contributed by atoms with Gasteiger partial charge < -0.3 is 4.74 Å².